The maximum absolute atomic E-state index is 11.3. The smallest absolute Gasteiger partial charge is 0.248 e. The molecule has 4 heteroatoms. The molecule has 2 unspecified atom stereocenters. The Kier molecular flexibility index (Phi) is 6.51. The van der Waals surface area contributed by atoms with Crippen LogP contribution >= 0.6 is 0 Å². The molecule has 3 atom stereocenters. The molecule has 3 rings (SSSR count). The van der Waals surface area contributed by atoms with E-state index in [9.17, 15) is 4.79 Å². The first-order valence-electron chi connectivity index (χ1n) is 9.98. The zero-order valence-corrected chi connectivity index (χ0v) is 16.1. The van der Waals surface area contributed by atoms with Gasteiger partial charge in [-0.05, 0) is 61.1 Å². The Morgan fingerprint density at radius 3 is 2.59 bits per heavy atom. The number of ether oxygens (including phenoxy) is 1. The van der Waals surface area contributed by atoms with E-state index >= 15 is 0 Å². The molecule has 4 N–H and O–H groups in total. The van der Waals surface area contributed by atoms with Crippen LogP contribution in [0.5, 0.6) is 5.75 Å². The van der Waals surface area contributed by atoms with Gasteiger partial charge in [-0.3, -0.25) is 4.79 Å². The molecule has 1 aliphatic carbocycles. The van der Waals surface area contributed by atoms with E-state index in [4.69, 9.17) is 16.2 Å². The summed E-state index contributed by atoms with van der Waals surface area (Å²) in [7, 11) is 0. The van der Waals surface area contributed by atoms with Gasteiger partial charge >= 0.3 is 0 Å². The molecule has 1 aliphatic rings. The lowest BCUT2D eigenvalue weighted by Crippen LogP contribution is -2.18. The fourth-order valence-electron chi connectivity index (χ4n) is 3.92. The maximum Gasteiger partial charge on any atom is 0.248 e. The van der Waals surface area contributed by atoms with E-state index in [1.54, 1.807) is 12.1 Å². The second-order valence-electron chi connectivity index (χ2n) is 7.54. The van der Waals surface area contributed by atoms with Gasteiger partial charge in [0.25, 0.3) is 0 Å². The first-order chi connectivity index (χ1) is 13.1. The van der Waals surface area contributed by atoms with Crippen molar-refractivity contribution < 1.29 is 9.53 Å². The third-order valence-corrected chi connectivity index (χ3v) is 5.60. The van der Waals surface area contributed by atoms with Gasteiger partial charge in [-0.15, -0.1) is 0 Å². The molecule has 0 heterocycles. The van der Waals surface area contributed by atoms with Gasteiger partial charge in [0.2, 0.25) is 5.91 Å². The van der Waals surface area contributed by atoms with Crippen LogP contribution in [0.3, 0.4) is 0 Å². The molecule has 0 spiro atoms. The van der Waals surface area contributed by atoms with Crippen molar-refractivity contribution in [2.24, 2.45) is 17.4 Å². The van der Waals surface area contributed by atoms with Crippen molar-refractivity contribution in [2.75, 3.05) is 0 Å². The maximum atomic E-state index is 11.3. The Bertz CT molecular complexity index is 757. The van der Waals surface area contributed by atoms with E-state index in [2.05, 4.69) is 31.2 Å². The van der Waals surface area contributed by atoms with E-state index in [1.807, 2.05) is 12.1 Å². The van der Waals surface area contributed by atoms with Gasteiger partial charge in [-0.2, -0.15) is 0 Å². The zero-order chi connectivity index (χ0) is 19.2. The highest BCUT2D eigenvalue weighted by Crippen LogP contribution is 2.41. The largest absolute Gasteiger partial charge is 0.485 e. The molecule has 27 heavy (non-hydrogen) atoms. The number of fused-ring (bicyclic) bond motifs is 1. The number of rotatable bonds is 9. The van der Waals surface area contributed by atoms with Crippen LogP contribution in [0, 0.1) is 5.92 Å². The summed E-state index contributed by atoms with van der Waals surface area (Å²) in [5.74, 6) is 0.826. The molecular weight excluding hydrogens is 336 g/mol. The van der Waals surface area contributed by atoms with Crippen molar-refractivity contribution in [3.63, 3.8) is 0 Å². The van der Waals surface area contributed by atoms with Gasteiger partial charge in [0.1, 0.15) is 11.9 Å². The van der Waals surface area contributed by atoms with Gasteiger partial charge < -0.3 is 16.2 Å². The number of benzene rings is 2. The highest BCUT2D eigenvalue weighted by Gasteiger charge is 2.33. The van der Waals surface area contributed by atoms with E-state index < -0.39 is 5.91 Å². The Balaban J connectivity index is 1.67. The Morgan fingerprint density at radius 2 is 1.89 bits per heavy atom. The minimum absolute atomic E-state index is 0.0560. The fraction of sp³-hybridized carbons (Fsp3) is 0.435. The van der Waals surface area contributed by atoms with E-state index in [0.717, 1.165) is 31.4 Å². The van der Waals surface area contributed by atoms with Gasteiger partial charge in [-0.1, -0.05) is 44.0 Å². The van der Waals surface area contributed by atoms with Crippen molar-refractivity contribution in [1.29, 1.82) is 0 Å². The molecule has 1 amide bonds. The van der Waals surface area contributed by atoms with Gasteiger partial charge in [0, 0.05) is 17.5 Å². The van der Waals surface area contributed by atoms with E-state index in [0.29, 0.717) is 17.5 Å². The predicted octanol–water partition coefficient (Wildman–Crippen LogP) is 4.38. The third kappa shape index (κ3) is 4.89. The number of nitrogens with two attached hydrogens (primary N) is 2. The van der Waals surface area contributed by atoms with Crippen molar-refractivity contribution in [3.8, 4) is 5.75 Å². The molecular formula is C23H30N2O2. The first-order valence-corrected chi connectivity index (χ1v) is 9.98. The van der Waals surface area contributed by atoms with Crippen LogP contribution in [-0.2, 0) is 6.42 Å². The molecule has 0 saturated heterocycles. The predicted molar refractivity (Wildman–Crippen MR) is 109 cm³/mol. The Morgan fingerprint density at radius 1 is 1.15 bits per heavy atom. The zero-order valence-electron chi connectivity index (χ0n) is 16.1. The van der Waals surface area contributed by atoms with Crippen LogP contribution in [0.1, 0.15) is 66.6 Å². The number of primary amides is 1. The van der Waals surface area contributed by atoms with Gasteiger partial charge in [0.15, 0.2) is 0 Å². The summed E-state index contributed by atoms with van der Waals surface area (Å²) in [6.45, 7) is 2.14. The van der Waals surface area contributed by atoms with Crippen molar-refractivity contribution >= 4 is 5.91 Å². The van der Waals surface area contributed by atoms with Gasteiger partial charge in [0.05, 0.1) is 0 Å². The third-order valence-electron chi connectivity index (χ3n) is 5.60. The minimum Gasteiger partial charge on any atom is -0.485 e. The molecule has 2 aromatic rings. The molecule has 2 aromatic carbocycles. The van der Waals surface area contributed by atoms with Crippen molar-refractivity contribution in [3.05, 3.63) is 65.2 Å². The quantitative estimate of drug-likeness (QED) is 0.647. The molecule has 0 fully saturated rings. The monoisotopic (exact) mass is 366 g/mol. The molecule has 144 valence electrons. The molecule has 0 aromatic heterocycles. The summed E-state index contributed by atoms with van der Waals surface area (Å²) in [5.41, 5.74) is 14.5. The number of amides is 1. The highest BCUT2D eigenvalue weighted by atomic mass is 16.5. The van der Waals surface area contributed by atoms with Crippen LogP contribution in [0.2, 0.25) is 0 Å². The number of carbonyl (C=O) groups is 1. The second kappa shape index (κ2) is 9.05. The number of hydrogen-bond donors (Lipinski definition) is 2. The summed E-state index contributed by atoms with van der Waals surface area (Å²) < 4.78 is 6.37. The summed E-state index contributed by atoms with van der Waals surface area (Å²) in [4.78, 5) is 11.3. The summed E-state index contributed by atoms with van der Waals surface area (Å²) in [6.07, 6.45) is 6.72. The topological polar surface area (TPSA) is 78.3 Å². The summed E-state index contributed by atoms with van der Waals surface area (Å²) in [5, 5.41) is 0. The lowest BCUT2D eigenvalue weighted by Gasteiger charge is -2.22. The van der Waals surface area contributed by atoms with Crippen LogP contribution in [0.15, 0.2) is 48.5 Å². The Labute approximate surface area is 161 Å². The standard InChI is InChI=1S/C23H30N2O2/c1-2-19(24)9-5-3-8-18-15-17-7-4-6-10-21(17)22(18)27-20-13-11-16(12-14-20)23(25)26/h4,6-7,10-14,18-19,22H,2-3,5,8-9,15,24H2,1H3,(H2,25,26)/t18-,19?,22?/m1/s1. The lowest BCUT2D eigenvalue weighted by molar-refractivity contribution is 0.1000. The molecule has 4 nitrogen and oxygen atoms in total. The fourth-order valence-corrected chi connectivity index (χ4v) is 3.92. The van der Waals surface area contributed by atoms with E-state index in [1.165, 1.54) is 24.0 Å². The minimum atomic E-state index is -0.420. The van der Waals surface area contributed by atoms with Crippen LogP contribution in [-0.4, -0.2) is 11.9 Å². The van der Waals surface area contributed by atoms with Crippen LogP contribution in [0.25, 0.3) is 0 Å². The number of hydrogen-bond acceptors (Lipinski definition) is 3. The summed E-state index contributed by atoms with van der Waals surface area (Å²) in [6, 6.07) is 16.0. The molecule has 0 bridgehead atoms. The van der Waals surface area contributed by atoms with Crippen molar-refractivity contribution in [1.82, 2.24) is 0 Å². The first kappa shape index (κ1) is 19.4. The molecule has 0 aliphatic heterocycles. The van der Waals surface area contributed by atoms with Gasteiger partial charge in [-0.25, -0.2) is 0 Å². The average molecular weight is 367 g/mol. The van der Waals surface area contributed by atoms with Crippen LogP contribution in [0.4, 0.5) is 0 Å². The summed E-state index contributed by atoms with van der Waals surface area (Å²) >= 11 is 0. The van der Waals surface area contributed by atoms with E-state index in [-0.39, 0.29) is 6.10 Å². The Hall–Kier alpha value is -2.33. The average Bonchev–Trinajstić information content (AvgIpc) is 3.03. The van der Waals surface area contributed by atoms with Crippen molar-refractivity contribution in [2.45, 2.75) is 57.6 Å². The molecule has 0 radical (unpaired) electrons. The molecule has 0 saturated carbocycles. The van der Waals surface area contributed by atoms with Crippen LogP contribution < -0.4 is 16.2 Å². The highest BCUT2D eigenvalue weighted by molar-refractivity contribution is 5.92. The number of unbranched alkanes of at least 4 members (excludes halogenated alkanes) is 1. The second-order valence-corrected chi connectivity index (χ2v) is 7.54. The SMILES string of the molecule is CCC(N)CCCC[C@@H]1Cc2ccccc2C1Oc1ccc(C(N)=O)cc1. The lowest BCUT2D eigenvalue weighted by atomic mass is 9.95. The number of carbonyl (C=O) groups excluding carboxylic acids is 1. The normalized spacial score (nSPS) is 19.5.